The maximum Gasteiger partial charge on any atom is 0.337 e. The molecule has 1 aliphatic heterocycles. The summed E-state index contributed by atoms with van der Waals surface area (Å²) < 4.78 is 29.0. The third-order valence-corrected chi connectivity index (χ3v) is 4.12. The second-order valence-electron chi connectivity index (χ2n) is 5.85. The van der Waals surface area contributed by atoms with Crippen molar-refractivity contribution in [2.24, 2.45) is 0 Å². The summed E-state index contributed by atoms with van der Waals surface area (Å²) >= 11 is 0. The van der Waals surface area contributed by atoms with Crippen LogP contribution in [0.25, 0.3) is 17.4 Å². The summed E-state index contributed by atoms with van der Waals surface area (Å²) in [6, 6.07) is 13.8. The van der Waals surface area contributed by atoms with Crippen molar-refractivity contribution >= 4 is 17.8 Å². The van der Waals surface area contributed by atoms with E-state index in [0.29, 0.717) is 22.8 Å². The van der Waals surface area contributed by atoms with E-state index in [1.807, 2.05) is 0 Å². The van der Waals surface area contributed by atoms with Crippen LogP contribution in [0.3, 0.4) is 0 Å². The molecule has 0 fully saturated rings. The number of esters is 1. The van der Waals surface area contributed by atoms with Gasteiger partial charge in [0.25, 0.3) is 0 Å². The zero-order valence-corrected chi connectivity index (χ0v) is 14.2. The van der Waals surface area contributed by atoms with Crippen molar-refractivity contribution in [3.8, 4) is 17.1 Å². The molecule has 0 atom stereocenters. The zero-order valence-electron chi connectivity index (χ0n) is 14.2. The summed E-state index contributed by atoms with van der Waals surface area (Å²) in [4.78, 5) is 24.2. The lowest BCUT2D eigenvalue weighted by molar-refractivity contribution is 0.0600. The van der Waals surface area contributed by atoms with Crippen LogP contribution in [0.15, 0.2) is 64.8 Å². The number of allylic oxidation sites excluding steroid dienone is 1. The molecule has 3 aromatic rings. The van der Waals surface area contributed by atoms with Crippen LogP contribution in [0, 0.1) is 5.82 Å². The first-order valence-electron chi connectivity index (χ1n) is 8.07. The fraction of sp³-hybridized carbons (Fsp3) is 0.0476. The van der Waals surface area contributed by atoms with Crippen molar-refractivity contribution in [3.63, 3.8) is 0 Å². The molecule has 0 aliphatic carbocycles. The van der Waals surface area contributed by atoms with Gasteiger partial charge in [0, 0.05) is 11.6 Å². The fourth-order valence-electron chi connectivity index (χ4n) is 2.76. The topological polar surface area (TPSA) is 65.7 Å². The molecule has 2 heterocycles. The molecule has 1 aromatic heterocycles. The van der Waals surface area contributed by atoms with E-state index < -0.39 is 5.97 Å². The van der Waals surface area contributed by atoms with Crippen LogP contribution < -0.4 is 4.74 Å². The van der Waals surface area contributed by atoms with Gasteiger partial charge in [-0.15, -0.1) is 0 Å². The molecule has 0 saturated heterocycles. The van der Waals surface area contributed by atoms with Crippen LogP contribution in [0.1, 0.15) is 26.5 Å². The van der Waals surface area contributed by atoms with Crippen LogP contribution in [-0.2, 0) is 4.74 Å². The Morgan fingerprint density at radius 2 is 1.85 bits per heavy atom. The Balaban J connectivity index is 1.61. The molecule has 0 amide bonds. The first-order chi connectivity index (χ1) is 13.0. The number of methoxy groups -OCH3 is 1. The van der Waals surface area contributed by atoms with Crippen molar-refractivity contribution in [1.29, 1.82) is 0 Å². The van der Waals surface area contributed by atoms with Crippen molar-refractivity contribution in [2.75, 3.05) is 7.11 Å². The highest BCUT2D eigenvalue weighted by atomic mass is 19.1. The second-order valence-corrected chi connectivity index (χ2v) is 5.85. The number of hydrogen-bond donors (Lipinski definition) is 0. The van der Waals surface area contributed by atoms with Crippen LogP contribution in [-0.4, -0.2) is 18.9 Å². The number of fused-ring (bicyclic) bond motifs is 1. The lowest BCUT2D eigenvalue weighted by Crippen LogP contribution is -2.02. The molecule has 5 nitrogen and oxygen atoms in total. The number of benzene rings is 2. The minimum Gasteiger partial charge on any atom is -0.465 e. The maximum atomic E-state index is 13.0. The summed E-state index contributed by atoms with van der Waals surface area (Å²) in [6.45, 7) is 0. The zero-order chi connectivity index (χ0) is 19.0. The van der Waals surface area contributed by atoms with Gasteiger partial charge in [-0.25, -0.2) is 9.18 Å². The van der Waals surface area contributed by atoms with E-state index in [4.69, 9.17) is 9.15 Å². The van der Waals surface area contributed by atoms with E-state index in [1.165, 1.54) is 37.5 Å². The molecule has 2 aromatic carbocycles. The molecule has 0 spiro atoms. The predicted molar refractivity (Wildman–Crippen MR) is 94.8 cm³/mol. The van der Waals surface area contributed by atoms with Crippen molar-refractivity contribution in [1.82, 2.24) is 0 Å². The normalized spacial score (nSPS) is 14.1. The van der Waals surface area contributed by atoms with Crippen LogP contribution in [0.4, 0.5) is 4.39 Å². The lowest BCUT2D eigenvalue weighted by atomic mass is 10.1. The smallest absolute Gasteiger partial charge is 0.337 e. The highest BCUT2D eigenvalue weighted by molar-refractivity contribution is 6.15. The van der Waals surface area contributed by atoms with E-state index >= 15 is 0 Å². The molecule has 4 rings (SSSR count). The second kappa shape index (κ2) is 6.57. The largest absolute Gasteiger partial charge is 0.465 e. The van der Waals surface area contributed by atoms with Crippen molar-refractivity contribution in [3.05, 3.63) is 83.1 Å². The number of carbonyl (C=O) groups excluding carboxylic acids is 2. The minimum atomic E-state index is -0.530. The number of ketones is 1. The van der Waals surface area contributed by atoms with Crippen LogP contribution >= 0.6 is 0 Å². The Hall–Kier alpha value is -3.67. The Morgan fingerprint density at radius 1 is 1.07 bits per heavy atom. The van der Waals surface area contributed by atoms with Gasteiger partial charge in [-0.05, 0) is 54.6 Å². The van der Waals surface area contributed by atoms with Gasteiger partial charge in [-0.3, -0.25) is 4.79 Å². The standard InChI is InChI=1S/C21H13FO5/c1-25-21(24)13-4-8-18-16(10-13)20(23)19(27-18)11-15-7-9-17(26-15)12-2-5-14(22)6-3-12/h2-11H,1H3/b19-11-. The molecule has 0 radical (unpaired) electrons. The average Bonchev–Trinajstić information content (AvgIpc) is 3.27. The maximum absolute atomic E-state index is 13.0. The molecule has 0 bridgehead atoms. The number of halogens is 1. The summed E-state index contributed by atoms with van der Waals surface area (Å²) in [5.41, 5.74) is 1.27. The Morgan fingerprint density at radius 3 is 2.59 bits per heavy atom. The number of hydrogen-bond acceptors (Lipinski definition) is 5. The summed E-state index contributed by atoms with van der Waals surface area (Å²) in [5.74, 6) is 0.197. The summed E-state index contributed by atoms with van der Waals surface area (Å²) in [7, 11) is 1.27. The molecule has 27 heavy (non-hydrogen) atoms. The van der Waals surface area contributed by atoms with Gasteiger partial charge in [0.2, 0.25) is 5.78 Å². The van der Waals surface area contributed by atoms with E-state index in [0.717, 1.165) is 0 Å². The van der Waals surface area contributed by atoms with Crippen molar-refractivity contribution < 1.29 is 27.9 Å². The number of carbonyl (C=O) groups is 2. The molecule has 0 N–H and O–H groups in total. The summed E-state index contributed by atoms with van der Waals surface area (Å²) in [5, 5.41) is 0. The minimum absolute atomic E-state index is 0.0898. The van der Waals surface area contributed by atoms with E-state index in [1.54, 1.807) is 30.3 Å². The van der Waals surface area contributed by atoms with E-state index in [9.17, 15) is 14.0 Å². The molecule has 6 heteroatoms. The first kappa shape index (κ1) is 16.8. The van der Waals surface area contributed by atoms with Gasteiger partial charge in [-0.2, -0.15) is 0 Å². The van der Waals surface area contributed by atoms with Gasteiger partial charge >= 0.3 is 5.97 Å². The van der Waals surface area contributed by atoms with Crippen molar-refractivity contribution in [2.45, 2.75) is 0 Å². The van der Waals surface area contributed by atoms with Crippen LogP contribution in [0.2, 0.25) is 0 Å². The van der Waals surface area contributed by atoms with Gasteiger partial charge in [0.15, 0.2) is 5.76 Å². The van der Waals surface area contributed by atoms with Gasteiger partial charge in [0.1, 0.15) is 23.1 Å². The molecular formula is C21H13FO5. The third kappa shape index (κ3) is 3.13. The molecular weight excluding hydrogens is 351 g/mol. The first-order valence-corrected chi connectivity index (χ1v) is 8.07. The fourth-order valence-corrected chi connectivity index (χ4v) is 2.76. The highest BCUT2D eigenvalue weighted by Crippen LogP contribution is 2.33. The molecule has 1 aliphatic rings. The third-order valence-electron chi connectivity index (χ3n) is 4.12. The van der Waals surface area contributed by atoms with Gasteiger partial charge < -0.3 is 13.9 Å². The average molecular weight is 364 g/mol. The number of rotatable bonds is 3. The number of Topliss-reactive ketones (excluding diaryl/α,β-unsaturated/α-hetero) is 1. The number of ether oxygens (including phenoxy) is 2. The quantitative estimate of drug-likeness (QED) is 0.506. The Kier molecular flexibility index (Phi) is 4.08. The SMILES string of the molecule is COC(=O)c1ccc2c(c1)C(=O)/C(=C/c1ccc(-c3ccc(F)cc3)o1)O2. The van der Waals surface area contributed by atoms with E-state index in [2.05, 4.69) is 4.74 Å². The molecule has 0 saturated carbocycles. The highest BCUT2D eigenvalue weighted by Gasteiger charge is 2.29. The van der Waals surface area contributed by atoms with Gasteiger partial charge in [-0.1, -0.05) is 0 Å². The van der Waals surface area contributed by atoms with Crippen LogP contribution in [0.5, 0.6) is 5.75 Å². The Labute approximate surface area is 153 Å². The molecule has 0 unspecified atom stereocenters. The summed E-state index contributed by atoms with van der Waals surface area (Å²) in [6.07, 6.45) is 1.48. The van der Waals surface area contributed by atoms with Gasteiger partial charge in [0.05, 0.1) is 18.2 Å². The molecule has 134 valence electrons. The number of furan rings is 1. The predicted octanol–water partition coefficient (Wildman–Crippen LogP) is 4.49. The van der Waals surface area contributed by atoms with E-state index in [-0.39, 0.29) is 28.5 Å². The lowest BCUT2D eigenvalue weighted by Gasteiger charge is -2.00. The Bertz CT molecular complexity index is 1080. The monoisotopic (exact) mass is 364 g/mol.